The molecule has 0 amide bonds. The van der Waals surface area contributed by atoms with Crippen LogP contribution < -0.4 is 0 Å². The average Bonchev–Trinajstić information content (AvgIpc) is 3.44. The molecule has 450 valence electrons. The largest absolute Gasteiger partial charge is 0.479 e. The third-order valence-electron chi connectivity index (χ3n) is 13.7. The summed E-state index contributed by atoms with van der Waals surface area (Å²) in [6.45, 7) is 5.82. The molecular formula is C67H110O12. The zero-order valence-corrected chi connectivity index (χ0v) is 49.6. The van der Waals surface area contributed by atoms with E-state index < -0.39 is 67.3 Å². The molecule has 1 aliphatic heterocycles. The van der Waals surface area contributed by atoms with Gasteiger partial charge < -0.3 is 39.0 Å². The Balaban J connectivity index is 2.73. The summed E-state index contributed by atoms with van der Waals surface area (Å²) in [5.74, 6) is -3.24. The third-order valence-corrected chi connectivity index (χ3v) is 13.7. The van der Waals surface area contributed by atoms with Gasteiger partial charge in [0.2, 0.25) is 0 Å². The van der Waals surface area contributed by atoms with Crippen molar-refractivity contribution in [3.63, 3.8) is 0 Å². The fourth-order valence-corrected chi connectivity index (χ4v) is 8.89. The number of unbranched alkanes of at least 4 members (excludes halogenated alkanes) is 22. The fourth-order valence-electron chi connectivity index (χ4n) is 8.89. The quantitative estimate of drug-likeness (QED) is 0.0228. The smallest absolute Gasteiger partial charge is 0.335 e. The average molecular weight is 1110 g/mol. The molecule has 1 heterocycles. The second-order valence-electron chi connectivity index (χ2n) is 21.0. The molecule has 0 bridgehead atoms. The van der Waals surface area contributed by atoms with Crippen LogP contribution in [0.1, 0.15) is 252 Å². The number of aliphatic hydroxyl groups excluding tert-OH is 2. The summed E-state index contributed by atoms with van der Waals surface area (Å²) in [5, 5.41) is 31.5. The molecule has 1 saturated heterocycles. The normalized spacial score (nSPS) is 18.5. The predicted molar refractivity (Wildman–Crippen MR) is 321 cm³/mol. The van der Waals surface area contributed by atoms with Gasteiger partial charge in [0.1, 0.15) is 18.8 Å². The van der Waals surface area contributed by atoms with Crippen molar-refractivity contribution in [3.8, 4) is 0 Å². The lowest BCUT2D eigenvalue weighted by Gasteiger charge is -2.40. The van der Waals surface area contributed by atoms with Gasteiger partial charge in [-0.15, -0.1) is 0 Å². The van der Waals surface area contributed by atoms with E-state index >= 15 is 0 Å². The fraction of sp³-hybridized carbons (Fsp3) is 0.701. The number of carbonyl (C=O) groups is 4. The number of carbonyl (C=O) groups excluding carboxylic acids is 3. The molecule has 6 unspecified atom stereocenters. The summed E-state index contributed by atoms with van der Waals surface area (Å²) in [5.41, 5.74) is 0. The van der Waals surface area contributed by atoms with Crippen LogP contribution in [0.5, 0.6) is 0 Å². The van der Waals surface area contributed by atoms with E-state index in [0.717, 1.165) is 96.3 Å². The topological polar surface area (TPSA) is 175 Å². The molecule has 0 saturated carbocycles. The minimum Gasteiger partial charge on any atom is -0.479 e. The summed E-state index contributed by atoms with van der Waals surface area (Å²) in [6, 6.07) is 0. The lowest BCUT2D eigenvalue weighted by atomic mass is 9.98. The number of carboxylic acids is 1. The first kappa shape index (κ1) is 72.7. The first-order valence-electron chi connectivity index (χ1n) is 31.2. The van der Waals surface area contributed by atoms with Gasteiger partial charge in [0.05, 0.1) is 6.61 Å². The van der Waals surface area contributed by atoms with Crippen molar-refractivity contribution >= 4 is 23.9 Å². The lowest BCUT2D eigenvalue weighted by Crippen LogP contribution is -2.61. The van der Waals surface area contributed by atoms with E-state index in [1.807, 2.05) is 18.2 Å². The van der Waals surface area contributed by atoms with Gasteiger partial charge in [-0.25, -0.2) is 4.79 Å². The van der Waals surface area contributed by atoms with E-state index in [1.54, 1.807) is 0 Å². The van der Waals surface area contributed by atoms with Crippen LogP contribution in [0.2, 0.25) is 0 Å². The monoisotopic (exact) mass is 1110 g/mol. The number of hydrogen-bond donors (Lipinski definition) is 3. The zero-order chi connectivity index (χ0) is 57.5. The van der Waals surface area contributed by atoms with E-state index in [4.69, 9.17) is 23.7 Å². The first-order chi connectivity index (χ1) is 38.6. The van der Waals surface area contributed by atoms with Crippen molar-refractivity contribution in [2.24, 2.45) is 0 Å². The van der Waals surface area contributed by atoms with Crippen molar-refractivity contribution in [1.29, 1.82) is 0 Å². The molecule has 0 radical (unpaired) electrons. The number of carboxylic acid groups (broad SMARTS) is 1. The number of allylic oxidation sites excluding steroid dienone is 16. The Morgan fingerprint density at radius 1 is 0.430 bits per heavy atom. The van der Waals surface area contributed by atoms with E-state index in [2.05, 4.69) is 99.8 Å². The molecule has 0 aromatic heterocycles. The van der Waals surface area contributed by atoms with Gasteiger partial charge in [-0.1, -0.05) is 240 Å². The molecule has 0 spiro atoms. The third kappa shape index (κ3) is 44.0. The van der Waals surface area contributed by atoms with Gasteiger partial charge in [0.15, 0.2) is 24.6 Å². The molecular weight excluding hydrogens is 997 g/mol. The van der Waals surface area contributed by atoms with Crippen molar-refractivity contribution in [2.75, 3.05) is 13.2 Å². The summed E-state index contributed by atoms with van der Waals surface area (Å²) in [4.78, 5) is 51.2. The van der Waals surface area contributed by atoms with Crippen molar-refractivity contribution in [2.45, 2.75) is 289 Å². The Bertz CT molecular complexity index is 1740. The second-order valence-corrected chi connectivity index (χ2v) is 21.0. The van der Waals surface area contributed by atoms with Crippen LogP contribution in [0, 0.1) is 0 Å². The standard InChI is InChI=1S/C67H110O12/c1-4-7-10-13-16-19-22-25-28-29-30-31-34-37-40-43-46-49-52-55-61(70)78-65-63(72)62(71)64(66(73)74)79-67(65)76-57-58(77-60(69)54-51-48-45-42-39-36-33-27-24-21-18-15-12-9-6-3)56-75-59(68)53-50-47-44-41-38-35-32-26-23-20-17-14-11-8-5-2/h7,10,16-17,19-20,25-26,28,30-32,37,40,46,49,58,62-65,67,71-72H,4-6,8-9,11-15,18,21-24,27,29,33-36,38-39,41-45,47-48,50-57H2,1-3H3,(H,73,74)/b10-7-,19-16-,20-17-,28-25-,31-30-,32-26-,40-37-,49-46-. The Kier molecular flexibility index (Phi) is 49.9. The highest BCUT2D eigenvalue weighted by Crippen LogP contribution is 2.26. The Hall–Kier alpha value is -4.36. The van der Waals surface area contributed by atoms with E-state index in [1.165, 1.54) is 89.9 Å². The minimum atomic E-state index is -1.93. The van der Waals surface area contributed by atoms with E-state index in [-0.39, 0.29) is 25.9 Å². The highest BCUT2D eigenvalue weighted by Gasteiger charge is 2.50. The molecule has 12 nitrogen and oxygen atoms in total. The van der Waals surface area contributed by atoms with Crippen LogP contribution in [-0.4, -0.2) is 89.2 Å². The van der Waals surface area contributed by atoms with Gasteiger partial charge in [-0.3, -0.25) is 14.4 Å². The maximum atomic E-state index is 13.2. The van der Waals surface area contributed by atoms with Crippen LogP contribution >= 0.6 is 0 Å². The minimum absolute atomic E-state index is 0.0687. The molecule has 0 aromatic rings. The van der Waals surface area contributed by atoms with Crippen LogP contribution in [0.4, 0.5) is 0 Å². The summed E-state index contributed by atoms with van der Waals surface area (Å²) in [6.07, 6.45) is 59.5. The lowest BCUT2D eigenvalue weighted by molar-refractivity contribution is -0.301. The maximum absolute atomic E-state index is 13.2. The van der Waals surface area contributed by atoms with Crippen LogP contribution in [0.25, 0.3) is 0 Å². The molecule has 79 heavy (non-hydrogen) atoms. The van der Waals surface area contributed by atoms with Gasteiger partial charge in [0.25, 0.3) is 0 Å². The molecule has 1 rings (SSSR count). The van der Waals surface area contributed by atoms with Gasteiger partial charge in [-0.05, 0) is 89.9 Å². The molecule has 1 fully saturated rings. The molecule has 3 N–H and O–H groups in total. The Labute approximate surface area is 479 Å². The SMILES string of the molecule is CC/C=C\C/C=C\C/C=C\C/C=C\C/C=C\C/C=C\CCC(=O)OC1C(OCC(COC(=O)CCCCCCC/C=C\C/C=C\CCCCC)OC(=O)CCCCCCCCCCCCCCCCC)OC(C(=O)O)C(O)C1O. The van der Waals surface area contributed by atoms with Crippen LogP contribution in [0.3, 0.4) is 0 Å². The predicted octanol–water partition coefficient (Wildman–Crippen LogP) is 16.5. The highest BCUT2D eigenvalue weighted by atomic mass is 16.7. The number of hydrogen-bond acceptors (Lipinski definition) is 11. The van der Waals surface area contributed by atoms with Gasteiger partial charge in [-0.2, -0.15) is 0 Å². The van der Waals surface area contributed by atoms with Gasteiger partial charge >= 0.3 is 23.9 Å². The van der Waals surface area contributed by atoms with E-state index in [0.29, 0.717) is 25.7 Å². The van der Waals surface area contributed by atoms with Crippen molar-refractivity contribution < 1.29 is 58.2 Å². The van der Waals surface area contributed by atoms with Crippen molar-refractivity contribution in [1.82, 2.24) is 0 Å². The number of ether oxygens (including phenoxy) is 5. The highest BCUT2D eigenvalue weighted by molar-refractivity contribution is 5.74. The van der Waals surface area contributed by atoms with Crippen LogP contribution in [-0.2, 0) is 42.9 Å². The Morgan fingerprint density at radius 3 is 1.29 bits per heavy atom. The summed E-state index contributed by atoms with van der Waals surface area (Å²) >= 11 is 0. The number of aliphatic hydroxyl groups is 2. The molecule has 0 aliphatic carbocycles. The number of aliphatic carboxylic acids is 1. The van der Waals surface area contributed by atoms with Crippen molar-refractivity contribution in [3.05, 3.63) is 97.2 Å². The number of rotatable bonds is 52. The summed E-state index contributed by atoms with van der Waals surface area (Å²) in [7, 11) is 0. The maximum Gasteiger partial charge on any atom is 0.335 e. The Morgan fingerprint density at radius 2 is 0.823 bits per heavy atom. The molecule has 1 aliphatic rings. The van der Waals surface area contributed by atoms with Crippen LogP contribution in [0.15, 0.2) is 97.2 Å². The summed E-state index contributed by atoms with van der Waals surface area (Å²) < 4.78 is 28.4. The molecule has 12 heteroatoms. The molecule has 6 atom stereocenters. The zero-order valence-electron chi connectivity index (χ0n) is 49.6. The molecule has 0 aromatic carbocycles. The number of esters is 3. The van der Waals surface area contributed by atoms with E-state index in [9.17, 15) is 34.5 Å². The second kappa shape index (κ2) is 54.2. The first-order valence-corrected chi connectivity index (χ1v) is 31.2. The van der Waals surface area contributed by atoms with Gasteiger partial charge in [0, 0.05) is 19.3 Å².